The standard InChI is InChI=1S/C21H18N2O4/c1-26-18-11-9-14(10-12-20(24)23-22)13-19(18)27-21(25)17-8-4-6-15-5-2-3-7-16(15)17/h2-13H,22H2,1H3,(H,23,24)/b12-10+. The number of methoxy groups -OCH3 is 1. The second-order valence-corrected chi connectivity index (χ2v) is 5.67. The van der Waals surface area contributed by atoms with E-state index in [9.17, 15) is 9.59 Å². The lowest BCUT2D eigenvalue weighted by Crippen LogP contribution is -2.27. The van der Waals surface area contributed by atoms with Crippen LogP contribution in [-0.4, -0.2) is 19.0 Å². The highest BCUT2D eigenvalue weighted by Crippen LogP contribution is 2.30. The molecule has 0 bridgehead atoms. The molecule has 6 nitrogen and oxygen atoms in total. The van der Waals surface area contributed by atoms with Crippen LogP contribution in [0.4, 0.5) is 0 Å². The quantitative estimate of drug-likeness (QED) is 0.182. The largest absolute Gasteiger partial charge is 0.493 e. The van der Waals surface area contributed by atoms with Gasteiger partial charge in [0.15, 0.2) is 11.5 Å². The fourth-order valence-corrected chi connectivity index (χ4v) is 2.66. The molecule has 0 aromatic heterocycles. The number of fused-ring (bicyclic) bond motifs is 1. The van der Waals surface area contributed by atoms with Gasteiger partial charge in [0.1, 0.15) is 0 Å². The molecule has 1 amide bonds. The fraction of sp³-hybridized carbons (Fsp3) is 0.0476. The number of hydrogen-bond acceptors (Lipinski definition) is 5. The summed E-state index contributed by atoms with van der Waals surface area (Å²) in [6, 6.07) is 18.0. The third-order valence-electron chi connectivity index (χ3n) is 3.97. The molecule has 0 radical (unpaired) electrons. The van der Waals surface area contributed by atoms with Crippen molar-refractivity contribution in [3.63, 3.8) is 0 Å². The summed E-state index contributed by atoms with van der Waals surface area (Å²) in [4.78, 5) is 24.0. The monoisotopic (exact) mass is 362 g/mol. The number of hydrazine groups is 1. The van der Waals surface area contributed by atoms with Gasteiger partial charge in [0.05, 0.1) is 12.7 Å². The summed E-state index contributed by atoms with van der Waals surface area (Å²) in [7, 11) is 1.49. The molecule has 0 heterocycles. The van der Waals surface area contributed by atoms with Crippen molar-refractivity contribution in [2.45, 2.75) is 0 Å². The Morgan fingerprint density at radius 3 is 2.56 bits per heavy atom. The molecule has 0 aliphatic rings. The van der Waals surface area contributed by atoms with Crippen LogP contribution < -0.4 is 20.7 Å². The molecule has 0 fully saturated rings. The summed E-state index contributed by atoms with van der Waals surface area (Å²) >= 11 is 0. The van der Waals surface area contributed by atoms with E-state index in [-0.39, 0.29) is 5.75 Å². The third-order valence-corrected chi connectivity index (χ3v) is 3.97. The SMILES string of the molecule is COc1ccc(/C=C/C(=O)NN)cc1OC(=O)c1cccc2ccccc12. The van der Waals surface area contributed by atoms with Crippen molar-refractivity contribution in [3.8, 4) is 11.5 Å². The van der Waals surface area contributed by atoms with Gasteiger partial charge in [0, 0.05) is 6.08 Å². The second kappa shape index (κ2) is 8.16. The van der Waals surface area contributed by atoms with Gasteiger partial charge >= 0.3 is 5.97 Å². The van der Waals surface area contributed by atoms with E-state index < -0.39 is 11.9 Å². The molecule has 0 aliphatic heterocycles. The van der Waals surface area contributed by atoms with Crippen LogP contribution in [0.25, 0.3) is 16.8 Å². The molecule has 136 valence electrons. The zero-order valence-electron chi connectivity index (χ0n) is 14.6. The minimum atomic E-state index is -0.495. The van der Waals surface area contributed by atoms with Crippen LogP contribution in [-0.2, 0) is 4.79 Å². The molecule has 27 heavy (non-hydrogen) atoms. The van der Waals surface area contributed by atoms with Gasteiger partial charge in [-0.15, -0.1) is 0 Å². The number of amides is 1. The van der Waals surface area contributed by atoms with E-state index in [0.29, 0.717) is 16.9 Å². The molecule has 3 rings (SSSR count). The summed E-state index contributed by atoms with van der Waals surface area (Å²) in [6.07, 6.45) is 2.83. The highest BCUT2D eigenvalue weighted by molar-refractivity contribution is 6.05. The predicted molar refractivity (Wildman–Crippen MR) is 103 cm³/mol. The number of ether oxygens (including phenoxy) is 2. The number of nitrogens with one attached hydrogen (secondary N) is 1. The summed E-state index contributed by atoms with van der Waals surface area (Å²) in [5.41, 5.74) is 3.12. The number of benzene rings is 3. The summed E-state index contributed by atoms with van der Waals surface area (Å²) < 4.78 is 10.9. The maximum absolute atomic E-state index is 12.7. The molecule has 0 saturated carbocycles. The maximum Gasteiger partial charge on any atom is 0.344 e. The molecule has 3 aromatic rings. The Kier molecular flexibility index (Phi) is 5.49. The average molecular weight is 362 g/mol. The molecular weight excluding hydrogens is 344 g/mol. The lowest BCUT2D eigenvalue weighted by Gasteiger charge is -2.11. The summed E-state index contributed by atoms with van der Waals surface area (Å²) in [6.45, 7) is 0. The van der Waals surface area contributed by atoms with Crippen molar-refractivity contribution < 1.29 is 19.1 Å². The highest BCUT2D eigenvalue weighted by atomic mass is 16.6. The molecule has 3 aromatic carbocycles. The van der Waals surface area contributed by atoms with E-state index in [0.717, 1.165) is 10.8 Å². The number of carbonyl (C=O) groups is 2. The summed E-state index contributed by atoms with van der Waals surface area (Å²) in [5, 5.41) is 1.75. The topological polar surface area (TPSA) is 90.7 Å². The van der Waals surface area contributed by atoms with Gasteiger partial charge < -0.3 is 9.47 Å². The number of nitrogens with two attached hydrogens (primary N) is 1. The summed E-state index contributed by atoms with van der Waals surface area (Å²) in [5.74, 6) is 4.77. The minimum absolute atomic E-state index is 0.255. The molecule has 0 spiro atoms. The predicted octanol–water partition coefficient (Wildman–Crippen LogP) is 3.07. The van der Waals surface area contributed by atoms with Crippen molar-refractivity contribution in [1.29, 1.82) is 0 Å². The first-order valence-corrected chi connectivity index (χ1v) is 8.19. The molecular formula is C21H18N2O4. The first-order valence-electron chi connectivity index (χ1n) is 8.19. The molecule has 0 saturated heterocycles. The minimum Gasteiger partial charge on any atom is -0.493 e. The Bertz CT molecular complexity index is 1020. The van der Waals surface area contributed by atoms with Crippen molar-refractivity contribution in [3.05, 3.63) is 77.9 Å². The lowest BCUT2D eigenvalue weighted by atomic mass is 10.0. The molecule has 0 atom stereocenters. The molecule has 0 aliphatic carbocycles. The van der Waals surface area contributed by atoms with Gasteiger partial charge in [-0.1, -0.05) is 42.5 Å². The van der Waals surface area contributed by atoms with Crippen LogP contribution in [0.3, 0.4) is 0 Å². The smallest absolute Gasteiger partial charge is 0.344 e. The Hall–Kier alpha value is -3.64. The van der Waals surface area contributed by atoms with Crippen molar-refractivity contribution in [2.75, 3.05) is 7.11 Å². The van der Waals surface area contributed by atoms with Gasteiger partial charge in [0.25, 0.3) is 5.91 Å². The number of rotatable bonds is 5. The zero-order valence-corrected chi connectivity index (χ0v) is 14.6. The normalized spacial score (nSPS) is 10.7. The first-order chi connectivity index (χ1) is 13.1. The van der Waals surface area contributed by atoms with Crippen molar-refractivity contribution in [1.82, 2.24) is 5.43 Å². The zero-order chi connectivity index (χ0) is 19.2. The van der Waals surface area contributed by atoms with E-state index in [1.807, 2.05) is 35.8 Å². The number of hydrogen-bond donors (Lipinski definition) is 2. The van der Waals surface area contributed by atoms with Crippen LogP contribution in [0.15, 0.2) is 66.7 Å². The van der Waals surface area contributed by atoms with Gasteiger partial charge in [-0.3, -0.25) is 10.2 Å². The Morgan fingerprint density at radius 1 is 1.00 bits per heavy atom. The molecule has 0 unspecified atom stereocenters. The van der Waals surface area contributed by atoms with E-state index >= 15 is 0 Å². The van der Waals surface area contributed by atoms with Crippen LogP contribution in [0, 0.1) is 0 Å². The number of esters is 1. The van der Waals surface area contributed by atoms with Gasteiger partial charge in [-0.25, -0.2) is 10.6 Å². The van der Waals surface area contributed by atoms with Crippen LogP contribution in [0.5, 0.6) is 11.5 Å². The highest BCUT2D eigenvalue weighted by Gasteiger charge is 2.15. The number of carbonyl (C=O) groups excluding carboxylic acids is 2. The molecule has 6 heteroatoms. The maximum atomic E-state index is 12.7. The average Bonchev–Trinajstić information content (AvgIpc) is 2.71. The Labute approximate surface area is 156 Å². The first kappa shape index (κ1) is 18.2. The Morgan fingerprint density at radius 2 is 1.78 bits per heavy atom. The van der Waals surface area contributed by atoms with E-state index in [1.54, 1.807) is 36.4 Å². The van der Waals surface area contributed by atoms with Crippen molar-refractivity contribution in [2.24, 2.45) is 5.84 Å². The van der Waals surface area contributed by atoms with Crippen molar-refractivity contribution >= 4 is 28.7 Å². The second-order valence-electron chi connectivity index (χ2n) is 5.67. The van der Waals surface area contributed by atoms with E-state index in [1.165, 1.54) is 13.2 Å². The third kappa shape index (κ3) is 4.13. The molecule has 3 N–H and O–H groups in total. The van der Waals surface area contributed by atoms with Gasteiger partial charge in [-0.2, -0.15) is 0 Å². The lowest BCUT2D eigenvalue weighted by molar-refractivity contribution is -0.116. The fourth-order valence-electron chi connectivity index (χ4n) is 2.66. The van der Waals surface area contributed by atoms with Crippen LogP contribution >= 0.6 is 0 Å². The van der Waals surface area contributed by atoms with E-state index in [2.05, 4.69) is 0 Å². The Balaban J connectivity index is 1.92. The van der Waals surface area contributed by atoms with Crippen LogP contribution in [0.2, 0.25) is 0 Å². The van der Waals surface area contributed by atoms with Crippen LogP contribution in [0.1, 0.15) is 15.9 Å². The van der Waals surface area contributed by atoms with Gasteiger partial charge in [-0.05, 0) is 40.6 Å². The van der Waals surface area contributed by atoms with E-state index in [4.69, 9.17) is 15.3 Å². The van der Waals surface area contributed by atoms with Gasteiger partial charge in [0.2, 0.25) is 0 Å².